The predicted octanol–water partition coefficient (Wildman–Crippen LogP) is 2.53. The van der Waals surface area contributed by atoms with Gasteiger partial charge >= 0.3 is 12.1 Å². The maximum Gasteiger partial charge on any atom is 0.418 e. The normalized spacial score (nSPS) is 12.5. The molecule has 1 N–H and O–H groups in total. The third-order valence-corrected chi connectivity index (χ3v) is 4.34. The summed E-state index contributed by atoms with van der Waals surface area (Å²) in [7, 11) is -3.88. The number of thioether (sulfide) groups is 1. The number of hydrogen-bond acceptors (Lipinski definition) is 4. The molecule has 1 rings (SSSR count). The van der Waals surface area contributed by atoms with Gasteiger partial charge in [-0.25, -0.2) is 13.2 Å². The van der Waals surface area contributed by atoms with E-state index in [1.807, 2.05) is 0 Å². The van der Waals surface area contributed by atoms with E-state index in [0.717, 1.165) is 12.3 Å². The van der Waals surface area contributed by atoms with Crippen molar-refractivity contribution in [1.82, 2.24) is 0 Å². The molecule has 0 aliphatic rings. The highest BCUT2D eigenvalue weighted by Crippen LogP contribution is 2.41. The third kappa shape index (κ3) is 3.21. The lowest BCUT2D eigenvalue weighted by Crippen LogP contribution is -2.16. The number of hydrogen-bond donors (Lipinski definition) is 1. The highest BCUT2D eigenvalue weighted by atomic mass is 32.2. The molecule has 19 heavy (non-hydrogen) atoms. The Hall–Kier alpha value is -1.22. The maximum absolute atomic E-state index is 13.0. The average Bonchev–Trinajstić information content (AvgIpc) is 2.24. The summed E-state index contributed by atoms with van der Waals surface area (Å²) in [6.07, 6.45) is -2.93. The predicted molar refractivity (Wildman–Crippen MR) is 63.3 cm³/mol. The zero-order valence-electron chi connectivity index (χ0n) is 9.78. The van der Waals surface area contributed by atoms with Crippen LogP contribution in [0.4, 0.5) is 13.2 Å². The van der Waals surface area contributed by atoms with Gasteiger partial charge in [0.25, 0.3) is 0 Å². The van der Waals surface area contributed by atoms with Crippen molar-refractivity contribution in [2.75, 3.05) is 12.5 Å². The average molecular weight is 314 g/mol. The molecule has 106 valence electrons. The molecular formula is C10H9F3O4S2. The lowest BCUT2D eigenvalue weighted by Gasteiger charge is -2.16. The molecule has 0 saturated heterocycles. The molecule has 0 fully saturated rings. The van der Waals surface area contributed by atoms with E-state index in [2.05, 4.69) is 0 Å². The Morgan fingerprint density at radius 2 is 1.84 bits per heavy atom. The van der Waals surface area contributed by atoms with Gasteiger partial charge in [-0.05, 0) is 18.4 Å². The number of aromatic carboxylic acids is 1. The van der Waals surface area contributed by atoms with Crippen LogP contribution in [0, 0.1) is 0 Å². The molecule has 1 aromatic rings. The topological polar surface area (TPSA) is 71.4 Å². The Labute approximate surface area is 111 Å². The Balaban J connectivity index is 3.86. The first kappa shape index (κ1) is 15.8. The first-order chi connectivity index (χ1) is 8.50. The minimum absolute atomic E-state index is 0.530. The maximum atomic E-state index is 13.0. The highest BCUT2D eigenvalue weighted by Gasteiger charge is 2.40. The zero-order chi connectivity index (χ0) is 15.0. The van der Waals surface area contributed by atoms with E-state index in [0.29, 0.717) is 17.8 Å². The number of rotatable bonds is 3. The number of halogens is 3. The van der Waals surface area contributed by atoms with Crippen LogP contribution in [0.5, 0.6) is 0 Å². The first-order valence-electron chi connectivity index (χ1n) is 4.71. The van der Waals surface area contributed by atoms with Crippen molar-refractivity contribution in [3.05, 3.63) is 23.3 Å². The molecule has 0 aliphatic carbocycles. The van der Waals surface area contributed by atoms with Gasteiger partial charge in [-0.2, -0.15) is 13.2 Å². The number of sulfone groups is 1. The number of alkyl halides is 3. The minimum atomic E-state index is -4.95. The number of benzene rings is 1. The van der Waals surface area contributed by atoms with E-state index in [1.54, 1.807) is 0 Å². The van der Waals surface area contributed by atoms with Crippen LogP contribution in [-0.2, 0) is 16.0 Å². The molecule has 9 heteroatoms. The fourth-order valence-electron chi connectivity index (χ4n) is 1.52. The van der Waals surface area contributed by atoms with Crippen LogP contribution in [0.25, 0.3) is 0 Å². The van der Waals surface area contributed by atoms with Gasteiger partial charge < -0.3 is 5.11 Å². The molecule has 0 amide bonds. The van der Waals surface area contributed by atoms with Gasteiger partial charge in [-0.3, -0.25) is 0 Å². The van der Waals surface area contributed by atoms with Crippen LogP contribution < -0.4 is 0 Å². The molecule has 0 saturated carbocycles. The molecule has 0 aromatic heterocycles. The van der Waals surface area contributed by atoms with E-state index in [1.165, 1.54) is 6.26 Å². The summed E-state index contributed by atoms with van der Waals surface area (Å²) in [5.41, 5.74) is -2.40. The highest BCUT2D eigenvalue weighted by molar-refractivity contribution is 7.99. The second-order valence-corrected chi connectivity index (χ2v) is 6.40. The molecule has 0 bridgehead atoms. The van der Waals surface area contributed by atoms with E-state index >= 15 is 0 Å². The summed E-state index contributed by atoms with van der Waals surface area (Å²) in [4.78, 5) is 9.71. The summed E-state index contributed by atoms with van der Waals surface area (Å²) in [5, 5.41) is 8.78. The zero-order valence-corrected chi connectivity index (χ0v) is 11.4. The second-order valence-electron chi connectivity index (χ2n) is 3.59. The Morgan fingerprint density at radius 3 is 2.16 bits per heavy atom. The second kappa shape index (κ2) is 5.04. The summed E-state index contributed by atoms with van der Waals surface area (Å²) in [6, 6.07) is 1.53. The molecule has 0 heterocycles. The van der Waals surface area contributed by atoms with Crippen LogP contribution in [0.1, 0.15) is 15.9 Å². The van der Waals surface area contributed by atoms with Crippen molar-refractivity contribution >= 4 is 27.6 Å². The van der Waals surface area contributed by atoms with Gasteiger partial charge in [0, 0.05) is 11.2 Å². The van der Waals surface area contributed by atoms with E-state index in [4.69, 9.17) is 5.11 Å². The van der Waals surface area contributed by atoms with Crippen molar-refractivity contribution in [2.24, 2.45) is 0 Å². The molecule has 1 aromatic carbocycles. The monoisotopic (exact) mass is 314 g/mol. The van der Waals surface area contributed by atoms with Crippen LogP contribution in [0.15, 0.2) is 21.9 Å². The van der Waals surface area contributed by atoms with Crippen LogP contribution >= 0.6 is 11.8 Å². The molecule has 0 atom stereocenters. The summed E-state index contributed by atoms with van der Waals surface area (Å²) < 4.78 is 61.7. The van der Waals surface area contributed by atoms with Gasteiger partial charge in [-0.15, -0.1) is 11.8 Å². The van der Waals surface area contributed by atoms with Crippen LogP contribution in [0.2, 0.25) is 0 Å². The van der Waals surface area contributed by atoms with Gasteiger partial charge in [0.15, 0.2) is 9.84 Å². The Kier molecular flexibility index (Phi) is 4.20. The van der Waals surface area contributed by atoms with Gasteiger partial charge in [0.05, 0.1) is 16.0 Å². The lowest BCUT2D eigenvalue weighted by molar-refractivity contribution is -0.140. The fourth-order valence-corrected chi connectivity index (χ4v) is 3.68. The van der Waals surface area contributed by atoms with Gasteiger partial charge in [0.2, 0.25) is 0 Å². The Bertz CT molecular complexity index is 620. The van der Waals surface area contributed by atoms with Crippen LogP contribution in [0.3, 0.4) is 0 Å². The summed E-state index contributed by atoms with van der Waals surface area (Å²) >= 11 is 0.545. The van der Waals surface area contributed by atoms with Crippen LogP contribution in [-0.4, -0.2) is 32.0 Å². The largest absolute Gasteiger partial charge is 0.478 e. The van der Waals surface area contributed by atoms with Gasteiger partial charge in [-0.1, -0.05) is 0 Å². The van der Waals surface area contributed by atoms with E-state index in [9.17, 15) is 26.4 Å². The molecule has 4 nitrogen and oxygen atoms in total. The molecule has 0 aliphatic heterocycles. The number of carboxylic acid groups (broad SMARTS) is 1. The first-order valence-corrected chi connectivity index (χ1v) is 7.83. The molecular weight excluding hydrogens is 305 g/mol. The third-order valence-electron chi connectivity index (χ3n) is 2.24. The van der Waals surface area contributed by atoms with Crippen molar-refractivity contribution in [3.8, 4) is 0 Å². The minimum Gasteiger partial charge on any atom is -0.478 e. The van der Waals surface area contributed by atoms with Crippen molar-refractivity contribution in [3.63, 3.8) is 0 Å². The fraction of sp³-hybridized carbons (Fsp3) is 0.300. The standard InChI is InChI=1S/C10H9F3O4S2/c1-18-8-6(19(2,16)17)4-3-5(9(14)15)7(8)10(11,12)13/h3-4H,1-2H3,(H,14,15). The van der Waals surface area contributed by atoms with Crippen molar-refractivity contribution in [1.29, 1.82) is 0 Å². The quantitative estimate of drug-likeness (QED) is 0.868. The van der Waals surface area contributed by atoms with E-state index < -0.39 is 42.9 Å². The van der Waals surface area contributed by atoms with Gasteiger partial charge in [0.1, 0.15) is 0 Å². The lowest BCUT2D eigenvalue weighted by atomic mass is 10.1. The molecule has 0 radical (unpaired) electrons. The van der Waals surface area contributed by atoms with Crippen molar-refractivity contribution in [2.45, 2.75) is 16.0 Å². The summed E-state index contributed by atoms with van der Waals surface area (Å²) in [5.74, 6) is -1.76. The Morgan fingerprint density at radius 1 is 1.32 bits per heavy atom. The van der Waals surface area contributed by atoms with Crippen molar-refractivity contribution < 1.29 is 31.5 Å². The molecule has 0 unspecified atom stereocenters. The number of carboxylic acids is 1. The SMILES string of the molecule is CSc1c(S(C)(=O)=O)ccc(C(=O)O)c1C(F)(F)F. The van der Waals surface area contributed by atoms with E-state index in [-0.39, 0.29) is 0 Å². The summed E-state index contributed by atoms with van der Waals surface area (Å²) in [6.45, 7) is 0. The smallest absolute Gasteiger partial charge is 0.418 e. The molecule has 0 spiro atoms. The number of carbonyl (C=O) groups is 1.